The number of aromatic nitrogens is 4. The molecule has 35 heavy (non-hydrogen) atoms. The molecule has 186 valence electrons. The summed E-state index contributed by atoms with van der Waals surface area (Å²) in [6.07, 6.45) is 7.90. The van der Waals surface area contributed by atoms with E-state index < -0.39 is 0 Å². The number of hydrogen-bond donors (Lipinski definition) is 0. The SMILES string of the molecule is CCCCCCCc1nn(C)c2ccc(-c3ccc(F)cc3OCCc3c(C)nn(C)c3C)cc12. The van der Waals surface area contributed by atoms with Crippen LogP contribution in [-0.4, -0.2) is 26.2 Å². The van der Waals surface area contributed by atoms with E-state index in [-0.39, 0.29) is 5.82 Å². The van der Waals surface area contributed by atoms with Crippen LogP contribution in [0, 0.1) is 19.7 Å². The summed E-state index contributed by atoms with van der Waals surface area (Å²) in [5.74, 6) is 0.265. The number of ether oxygens (including phenoxy) is 1. The van der Waals surface area contributed by atoms with Gasteiger partial charge in [-0.25, -0.2) is 4.39 Å². The van der Waals surface area contributed by atoms with Crippen LogP contribution in [0.4, 0.5) is 4.39 Å². The Balaban J connectivity index is 1.56. The fourth-order valence-corrected chi connectivity index (χ4v) is 4.88. The van der Waals surface area contributed by atoms with Crippen LogP contribution >= 0.6 is 0 Å². The van der Waals surface area contributed by atoms with E-state index in [9.17, 15) is 4.39 Å². The van der Waals surface area contributed by atoms with Gasteiger partial charge in [-0.05, 0) is 62.1 Å². The normalized spacial score (nSPS) is 11.5. The van der Waals surface area contributed by atoms with E-state index in [2.05, 4.69) is 37.1 Å². The molecule has 0 bridgehead atoms. The maximum absolute atomic E-state index is 14.2. The summed E-state index contributed by atoms with van der Waals surface area (Å²) in [5.41, 5.74) is 7.49. The van der Waals surface area contributed by atoms with Gasteiger partial charge in [0.25, 0.3) is 0 Å². The van der Waals surface area contributed by atoms with Gasteiger partial charge in [0.1, 0.15) is 11.6 Å². The van der Waals surface area contributed by atoms with Gasteiger partial charge < -0.3 is 4.74 Å². The number of aryl methyl sites for hydroxylation is 4. The predicted molar refractivity (Wildman–Crippen MR) is 140 cm³/mol. The lowest BCUT2D eigenvalue weighted by Crippen LogP contribution is -2.04. The molecule has 0 amide bonds. The first-order chi connectivity index (χ1) is 16.9. The summed E-state index contributed by atoms with van der Waals surface area (Å²) in [6.45, 7) is 6.78. The van der Waals surface area contributed by atoms with Gasteiger partial charge in [-0.2, -0.15) is 10.2 Å². The fourth-order valence-electron chi connectivity index (χ4n) is 4.88. The molecule has 0 saturated heterocycles. The number of hydrogen-bond acceptors (Lipinski definition) is 3. The van der Waals surface area contributed by atoms with Crippen molar-refractivity contribution < 1.29 is 9.13 Å². The van der Waals surface area contributed by atoms with Crippen LogP contribution < -0.4 is 4.74 Å². The highest BCUT2D eigenvalue weighted by Gasteiger charge is 2.14. The number of unbranched alkanes of at least 4 members (excludes halogenated alkanes) is 4. The highest BCUT2D eigenvalue weighted by atomic mass is 19.1. The third kappa shape index (κ3) is 5.58. The van der Waals surface area contributed by atoms with E-state index in [4.69, 9.17) is 9.84 Å². The molecule has 0 radical (unpaired) electrons. The monoisotopic (exact) mass is 476 g/mol. The Morgan fingerprint density at radius 2 is 1.69 bits per heavy atom. The average molecular weight is 477 g/mol. The summed E-state index contributed by atoms with van der Waals surface area (Å²) >= 11 is 0. The van der Waals surface area contributed by atoms with Crippen LogP contribution in [-0.2, 0) is 26.9 Å². The Morgan fingerprint density at radius 3 is 2.43 bits per heavy atom. The molecule has 6 heteroatoms. The van der Waals surface area contributed by atoms with Crippen molar-refractivity contribution in [3.8, 4) is 16.9 Å². The molecule has 0 atom stereocenters. The molecule has 4 rings (SSSR count). The van der Waals surface area contributed by atoms with Crippen LogP contribution in [0.5, 0.6) is 5.75 Å². The first kappa shape index (κ1) is 25.0. The molecule has 0 aliphatic heterocycles. The van der Waals surface area contributed by atoms with Crippen molar-refractivity contribution in [3.63, 3.8) is 0 Å². The Kier molecular flexibility index (Phi) is 7.89. The fraction of sp³-hybridized carbons (Fsp3) is 0.448. The van der Waals surface area contributed by atoms with Crippen LogP contribution in [0.15, 0.2) is 36.4 Å². The zero-order valence-electron chi connectivity index (χ0n) is 21.7. The largest absolute Gasteiger partial charge is 0.492 e. The lowest BCUT2D eigenvalue weighted by Gasteiger charge is -2.13. The standard InChI is InChI=1S/C29H37FN4O/c1-6-7-8-9-10-11-27-26-18-22(12-15-28(26)34(5)32-27)25-14-13-23(30)19-29(25)35-17-16-24-20(2)31-33(4)21(24)3/h12-15,18-19H,6-11,16-17H2,1-5H3. The van der Waals surface area contributed by atoms with E-state index in [1.807, 2.05) is 36.4 Å². The van der Waals surface area contributed by atoms with Gasteiger partial charge >= 0.3 is 0 Å². The molecule has 0 unspecified atom stereocenters. The van der Waals surface area contributed by atoms with E-state index >= 15 is 0 Å². The molecular weight excluding hydrogens is 439 g/mol. The highest BCUT2D eigenvalue weighted by Crippen LogP contribution is 2.34. The van der Waals surface area contributed by atoms with Gasteiger partial charge in [-0.15, -0.1) is 0 Å². The van der Waals surface area contributed by atoms with Crippen LogP contribution in [0.1, 0.15) is 61.7 Å². The first-order valence-corrected chi connectivity index (χ1v) is 12.8. The molecule has 5 nitrogen and oxygen atoms in total. The highest BCUT2D eigenvalue weighted by molar-refractivity contribution is 5.88. The second-order valence-electron chi connectivity index (χ2n) is 9.48. The topological polar surface area (TPSA) is 44.9 Å². The molecule has 0 aliphatic rings. The minimum Gasteiger partial charge on any atom is -0.492 e. The van der Waals surface area contributed by atoms with Gasteiger partial charge in [0.15, 0.2) is 0 Å². The molecule has 0 fully saturated rings. The van der Waals surface area contributed by atoms with Crippen molar-refractivity contribution >= 4 is 10.9 Å². The molecule has 2 aromatic heterocycles. The maximum Gasteiger partial charge on any atom is 0.130 e. The van der Waals surface area contributed by atoms with Gasteiger partial charge in [0.05, 0.1) is 23.5 Å². The van der Waals surface area contributed by atoms with Crippen LogP contribution in [0.3, 0.4) is 0 Å². The zero-order chi connectivity index (χ0) is 24.9. The zero-order valence-corrected chi connectivity index (χ0v) is 21.7. The molecule has 2 heterocycles. The molecule has 2 aromatic carbocycles. The molecule has 0 spiro atoms. The van der Waals surface area contributed by atoms with Gasteiger partial charge in [0.2, 0.25) is 0 Å². The van der Waals surface area contributed by atoms with Crippen molar-refractivity contribution in [2.75, 3.05) is 6.61 Å². The molecular formula is C29H37FN4O. The number of benzene rings is 2. The second-order valence-corrected chi connectivity index (χ2v) is 9.48. The average Bonchev–Trinajstić information content (AvgIpc) is 3.28. The van der Waals surface area contributed by atoms with Crippen molar-refractivity contribution in [3.05, 3.63) is 64.9 Å². The lowest BCUT2D eigenvalue weighted by atomic mass is 10.0. The Labute approximate surface area is 207 Å². The maximum atomic E-state index is 14.2. The number of nitrogens with zero attached hydrogens (tertiary/aromatic N) is 4. The smallest absolute Gasteiger partial charge is 0.130 e. The quantitative estimate of drug-likeness (QED) is 0.222. The lowest BCUT2D eigenvalue weighted by molar-refractivity contribution is 0.321. The van der Waals surface area contributed by atoms with Crippen LogP contribution in [0.25, 0.3) is 22.0 Å². The van der Waals surface area contributed by atoms with Crippen molar-refractivity contribution in [2.45, 2.75) is 65.7 Å². The van der Waals surface area contributed by atoms with E-state index in [1.165, 1.54) is 43.4 Å². The van der Waals surface area contributed by atoms with Gasteiger partial charge in [0, 0.05) is 43.2 Å². The number of fused-ring (bicyclic) bond motifs is 1. The third-order valence-electron chi connectivity index (χ3n) is 6.97. The molecule has 0 aliphatic carbocycles. The van der Waals surface area contributed by atoms with E-state index in [0.29, 0.717) is 12.4 Å². The Hall–Kier alpha value is -3.15. The second kappa shape index (κ2) is 11.1. The van der Waals surface area contributed by atoms with Crippen molar-refractivity contribution in [1.29, 1.82) is 0 Å². The van der Waals surface area contributed by atoms with Crippen molar-refractivity contribution in [2.24, 2.45) is 14.1 Å². The molecule has 0 N–H and O–H groups in total. The van der Waals surface area contributed by atoms with Gasteiger partial charge in [-0.1, -0.05) is 38.7 Å². The summed E-state index contributed by atoms with van der Waals surface area (Å²) in [7, 11) is 3.95. The molecule has 4 aromatic rings. The first-order valence-electron chi connectivity index (χ1n) is 12.8. The van der Waals surface area contributed by atoms with E-state index in [0.717, 1.165) is 58.4 Å². The predicted octanol–water partition coefficient (Wildman–Crippen LogP) is 6.86. The summed E-state index contributed by atoms with van der Waals surface area (Å²) < 4.78 is 24.2. The Bertz CT molecular complexity index is 1300. The third-order valence-corrected chi connectivity index (χ3v) is 6.97. The van der Waals surface area contributed by atoms with Gasteiger partial charge in [-0.3, -0.25) is 9.36 Å². The Morgan fingerprint density at radius 1 is 0.886 bits per heavy atom. The summed E-state index contributed by atoms with van der Waals surface area (Å²) in [4.78, 5) is 0. The van der Waals surface area contributed by atoms with Crippen LogP contribution in [0.2, 0.25) is 0 Å². The minimum atomic E-state index is -0.298. The summed E-state index contributed by atoms with van der Waals surface area (Å²) in [5, 5.41) is 10.4. The van der Waals surface area contributed by atoms with E-state index in [1.54, 1.807) is 0 Å². The molecule has 0 saturated carbocycles. The summed E-state index contributed by atoms with van der Waals surface area (Å²) in [6, 6.07) is 11.2. The number of halogens is 1. The number of rotatable bonds is 11. The minimum absolute atomic E-state index is 0.298. The van der Waals surface area contributed by atoms with Crippen molar-refractivity contribution in [1.82, 2.24) is 19.6 Å².